The summed E-state index contributed by atoms with van der Waals surface area (Å²) in [6, 6.07) is 11.3. The fraction of sp³-hybridized carbons (Fsp3) is 0.240. The molecule has 1 fully saturated rings. The number of nitrogens with zero attached hydrogens (tertiary/aromatic N) is 2. The molecule has 178 valence electrons. The normalized spacial score (nSPS) is 13.7. The van der Waals surface area contributed by atoms with E-state index in [4.69, 9.17) is 9.47 Å². The number of carboxylic acids is 1. The number of benzene rings is 1. The number of anilines is 1. The third kappa shape index (κ3) is 4.36. The van der Waals surface area contributed by atoms with Crippen LogP contribution in [0, 0.1) is 11.8 Å². The first-order valence-corrected chi connectivity index (χ1v) is 12.4. The number of aliphatic carboxylic acids is 1. The standard InChI is InChI=1S/C25H21N3O5S2/c1-28-21(27-24(31)33-14-15-6-4-3-5-7-15)16(13-26-28)8-9-17-12-18-19(32-2)20(35-22(18)34-17)25(10-11-25)23(29)30/h3-7,12-13H,10-11,14H2,1-2H3,(H,27,31)(H,29,30). The number of hydrogen-bond donors (Lipinski definition) is 2. The van der Waals surface area contributed by atoms with Crippen molar-refractivity contribution in [3.8, 4) is 17.6 Å². The van der Waals surface area contributed by atoms with Gasteiger partial charge >= 0.3 is 12.1 Å². The minimum Gasteiger partial charge on any atom is -0.495 e. The predicted molar refractivity (Wildman–Crippen MR) is 134 cm³/mol. The van der Waals surface area contributed by atoms with Gasteiger partial charge in [-0.3, -0.25) is 14.8 Å². The molecule has 0 aliphatic heterocycles. The molecule has 0 spiro atoms. The molecular weight excluding hydrogens is 486 g/mol. The molecule has 8 nitrogen and oxygen atoms in total. The number of nitrogens with one attached hydrogen (secondary N) is 1. The van der Waals surface area contributed by atoms with Gasteiger partial charge in [0.1, 0.15) is 23.6 Å². The first-order chi connectivity index (χ1) is 16.9. The van der Waals surface area contributed by atoms with Gasteiger partial charge in [-0.05, 0) is 24.5 Å². The molecule has 0 radical (unpaired) electrons. The van der Waals surface area contributed by atoms with Gasteiger partial charge in [0.2, 0.25) is 0 Å². The summed E-state index contributed by atoms with van der Waals surface area (Å²) in [6.45, 7) is 0.157. The van der Waals surface area contributed by atoms with Crippen LogP contribution in [0.15, 0.2) is 42.6 Å². The third-order valence-corrected chi connectivity index (χ3v) is 8.36. The molecule has 2 N–H and O–H groups in total. The summed E-state index contributed by atoms with van der Waals surface area (Å²) in [5, 5.41) is 17.5. The monoisotopic (exact) mass is 507 g/mol. The molecule has 5 rings (SSSR count). The Morgan fingerprint density at radius 1 is 1.23 bits per heavy atom. The Kier molecular flexibility index (Phi) is 5.96. The number of carbonyl (C=O) groups is 2. The summed E-state index contributed by atoms with van der Waals surface area (Å²) in [7, 11) is 3.28. The number of carbonyl (C=O) groups excluding carboxylic acids is 1. The maximum absolute atomic E-state index is 12.3. The lowest BCUT2D eigenvalue weighted by Gasteiger charge is -2.09. The summed E-state index contributed by atoms with van der Waals surface area (Å²) in [4.78, 5) is 25.7. The number of rotatable bonds is 6. The number of aryl methyl sites for hydroxylation is 1. The topological polar surface area (TPSA) is 103 Å². The van der Waals surface area contributed by atoms with Crippen LogP contribution in [0.4, 0.5) is 10.6 Å². The number of methoxy groups -OCH3 is 1. The molecule has 3 aromatic heterocycles. The fourth-order valence-electron chi connectivity index (χ4n) is 3.77. The van der Waals surface area contributed by atoms with Crippen molar-refractivity contribution in [1.29, 1.82) is 0 Å². The van der Waals surface area contributed by atoms with Crippen molar-refractivity contribution >= 4 is 50.0 Å². The highest BCUT2D eigenvalue weighted by atomic mass is 32.2. The average molecular weight is 508 g/mol. The summed E-state index contributed by atoms with van der Waals surface area (Å²) in [5.41, 5.74) is 0.627. The Balaban J connectivity index is 1.34. The second-order valence-corrected chi connectivity index (χ2v) is 10.5. The summed E-state index contributed by atoms with van der Waals surface area (Å²) in [6.07, 6.45) is 2.24. The van der Waals surface area contributed by atoms with E-state index >= 15 is 0 Å². The fourth-order valence-corrected chi connectivity index (χ4v) is 6.42. The van der Waals surface area contributed by atoms with Crippen LogP contribution in [-0.4, -0.2) is 34.1 Å². The van der Waals surface area contributed by atoms with Crippen LogP contribution in [0.25, 0.3) is 9.40 Å². The summed E-state index contributed by atoms with van der Waals surface area (Å²) >= 11 is 2.95. The molecule has 3 heterocycles. The lowest BCUT2D eigenvalue weighted by Crippen LogP contribution is -2.18. The van der Waals surface area contributed by atoms with Crippen LogP contribution < -0.4 is 10.1 Å². The number of fused-ring (bicyclic) bond motifs is 1. The van der Waals surface area contributed by atoms with E-state index in [-0.39, 0.29) is 6.61 Å². The van der Waals surface area contributed by atoms with E-state index < -0.39 is 17.5 Å². The smallest absolute Gasteiger partial charge is 0.413 e. The lowest BCUT2D eigenvalue weighted by molar-refractivity contribution is -0.139. The van der Waals surface area contributed by atoms with Crippen LogP contribution in [0.1, 0.15) is 33.7 Å². The van der Waals surface area contributed by atoms with Gasteiger partial charge in [0.15, 0.2) is 0 Å². The van der Waals surface area contributed by atoms with Crippen LogP contribution in [-0.2, 0) is 28.6 Å². The number of hydrogen-bond acceptors (Lipinski definition) is 7. The number of thiophene rings is 2. The number of carboxylic acid groups (broad SMARTS) is 1. The van der Waals surface area contributed by atoms with Gasteiger partial charge in [0.25, 0.3) is 0 Å². The summed E-state index contributed by atoms with van der Waals surface area (Å²) in [5.74, 6) is 6.45. The molecule has 4 aromatic rings. The molecular formula is C25H21N3O5S2. The van der Waals surface area contributed by atoms with Crippen LogP contribution >= 0.6 is 22.7 Å². The first-order valence-electron chi connectivity index (χ1n) is 10.8. The van der Waals surface area contributed by atoms with Gasteiger partial charge in [-0.2, -0.15) is 5.10 Å². The highest BCUT2D eigenvalue weighted by Crippen LogP contribution is 2.57. The van der Waals surface area contributed by atoms with Gasteiger partial charge < -0.3 is 14.6 Å². The Morgan fingerprint density at radius 3 is 2.69 bits per heavy atom. The van der Waals surface area contributed by atoms with Crippen molar-refractivity contribution < 1.29 is 24.2 Å². The molecule has 0 saturated heterocycles. The quantitative estimate of drug-likeness (QED) is 0.357. The van der Waals surface area contributed by atoms with E-state index in [0.29, 0.717) is 30.0 Å². The first kappa shape index (κ1) is 23.0. The van der Waals surface area contributed by atoms with E-state index in [9.17, 15) is 14.7 Å². The predicted octanol–water partition coefficient (Wildman–Crippen LogP) is 4.97. The van der Waals surface area contributed by atoms with Crippen molar-refractivity contribution in [2.45, 2.75) is 24.9 Å². The Bertz CT molecular complexity index is 1490. The highest BCUT2D eigenvalue weighted by molar-refractivity contribution is 7.39. The summed E-state index contributed by atoms with van der Waals surface area (Å²) < 4.78 is 13.4. The van der Waals surface area contributed by atoms with Crippen molar-refractivity contribution in [3.05, 3.63) is 63.5 Å². The molecule has 0 unspecified atom stereocenters. The molecule has 1 saturated carbocycles. The van der Waals surface area contributed by atoms with E-state index in [1.807, 2.05) is 36.4 Å². The van der Waals surface area contributed by atoms with Gasteiger partial charge in [-0.25, -0.2) is 4.79 Å². The average Bonchev–Trinajstić information content (AvgIpc) is 3.32. The minimum absolute atomic E-state index is 0.157. The van der Waals surface area contributed by atoms with E-state index in [0.717, 1.165) is 24.7 Å². The maximum Gasteiger partial charge on any atom is 0.413 e. The number of ether oxygens (including phenoxy) is 2. The van der Waals surface area contributed by atoms with E-state index in [1.54, 1.807) is 20.4 Å². The number of amides is 1. The number of aromatic nitrogens is 2. The zero-order valence-corrected chi connectivity index (χ0v) is 20.6. The molecule has 1 aliphatic rings. The lowest BCUT2D eigenvalue weighted by atomic mass is 10.0. The molecule has 1 aromatic carbocycles. The molecule has 10 heteroatoms. The zero-order chi connectivity index (χ0) is 24.6. The molecule has 1 aliphatic carbocycles. The molecule has 0 bridgehead atoms. The molecule has 1 amide bonds. The van der Waals surface area contributed by atoms with E-state index in [1.165, 1.54) is 27.4 Å². The third-order valence-electron chi connectivity index (χ3n) is 5.83. The van der Waals surface area contributed by atoms with Gasteiger partial charge in [0.05, 0.1) is 32.6 Å². The van der Waals surface area contributed by atoms with Gasteiger partial charge in [-0.15, -0.1) is 22.7 Å². The molecule has 35 heavy (non-hydrogen) atoms. The Morgan fingerprint density at radius 2 is 2.00 bits per heavy atom. The van der Waals surface area contributed by atoms with Gasteiger partial charge in [-0.1, -0.05) is 42.2 Å². The Labute approximate surface area is 209 Å². The van der Waals surface area contributed by atoms with Crippen molar-refractivity contribution in [2.24, 2.45) is 7.05 Å². The highest BCUT2D eigenvalue weighted by Gasteiger charge is 2.55. The minimum atomic E-state index is -0.814. The Hall–Kier alpha value is -3.81. The van der Waals surface area contributed by atoms with Crippen LogP contribution in [0.2, 0.25) is 0 Å². The van der Waals surface area contributed by atoms with Gasteiger partial charge in [0, 0.05) is 12.4 Å². The maximum atomic E-state index is 12.3. The van der Waals surface area contributed by atoms with Crippen molar-refractivity contribution in [3.63, 3.8) is 0 Å². The van der Waals surface area contributed by atoms with Crippen LogP contribution in [0.5, 0.6) is 5.75 Å². The zero-order valence-electron chi connectivity index (χ0n) is 19.0. The van der Waals surface area contributed by atoms with Crippen molar-refractivity contribution in [2.75, 3.05) is 12.4 Å². The second kappa shape index (κ2) is 9.09. The SMILES string of the molecule is COc1c(C2(C(=O)O)CC2)sc2sc(C#Cc3cnn(C)c3NC(=O)OCc3ccccc3)cc12. The largest absolute Gasteiger partial charge is 0.495 e. The van der Waals surface area contributed by atoms with Crippen LogP contribution in [0.3, 0.4) is 0 Å². The van der Waals surface area contributed by atoms with Crippen molar-refractivity contribution in [1.82, 2.24) is 9.78 Å². The van der Waals surface area contributed by atoms with E-state index in [2.05, 4.69) is 22.3 Å². The molecule has 0 atom stereocenters. The second-order valence-electron chi connectivity index (χ2n) is 8.13.